The molecule has 0 heterocycles. The summed E-state index contributed by atoms with van der Waals surface area (Å²) >= 11 is 0. The summed E-state index contributed by atoms with van der Waals surface area (Å²) in [6, 6.07) is 5.67. The zero-order valence-electron chi connectivity index (χ0n) is 11.5. The van der Waals surface area contributed by atoms with E-state index in [9.17, 15) is 9.59 Å². The van der Waals surface area contributed by atoms with Crippen LogP contribution in [0.2, 0.25) is 0 Å². The summed E-state index contributed by atoms with van der Waals surface area (Å²) in [5.74, 6) is -1.17. The number of hydrogen-bond donors (Lipinski definition) is 0. The number of hydrogen-bond acceptors (Lipinski definition) is 6. The van der Waals surface area contributed by atoms with Crippen molar-refractivity contribution in [1.29, 1.82) is 0 Å². The summed E-state index contributed by atoms with van der Waals surface area (Å²) in [6.07, 6.45) is 0. The lowest BCUT2D eigenvalue weighted by atomic mass is 10.1. The van der Waals surface area contributed by atoms with E-state index in [1.807, 2.05) is 0 Å². The van der Waals surface area contributed by atoms with Crippen LogP contribution in [-0.4, -0.2) is 38.2 Å². The van der Waals surface area contributed by atoms with Gasteiger partial charge in [0.15, 0.2) is 0 Å². The Hall–Kier alpha value is -3.22. The summed E-state index contributed by atoms with van der Waals surface area (Å²) in [7, 11) is 0. The van der Waals surface area contributed by atoms with Crippen molar-refractivity contribution in [3.63, 3.8) is 0 Å². The molecule has 1 rings (SSSR count). The number of carbonyl (C=O) groups excluding carboxylic acids is 2. The van der Waals surface area contributed by atoms with E-state index in [1.54, 1.807) is 0 Å². The first kappa shape index (κ1) is 16.8. The summed E-state index contributed by atoms with van der Waals surface area (Å²) in [5.41, 5.74) is 16.7. The lowest BCUT2D eigenvalue weighted by Crippen LogP contribution is -2.10. The summed E-state index contributed by atoms with van der Waals surface area (Å²) in [6.45, 7) is 0.0633. The zero-order chi connectivity index (χ0) is 16.2. The first-order chi connectivity index (χ1) is 10.7. The molecule has 0 saturated heterocycles. The van der Waals surface area contributed by atoms with Gasteiger partial charge in [0.2, 0.25) is 0 Å². The maximum Gasteiger partial charge on any atom is 0.338 e. The maximum atomic E-state index is 11.6. The van der Waals surface area contributed by atoms with Gasteiger partial charge in [-0.3, -0.25) is 0 Å². The van der Waals surface area contributed by atoms with Crippen molar-refractivity contribution >= 4 is 11.9 Å². The zero-order valence-corrected chi connectivity index (χ0v) is 11.5. The van der Waals surface area contributed by atoms with E-state index in [0.717, 1.165) is 0 Å². The molecule has 0 N–H and O–H groups in total. The molecule has 10 nitrogen and oxygen atoms in total. The van der Waals surface area contributed by atoms with Crippen LogP contribution in [0.25, 0.3) is 20.9 Å². The summed E-state index contributed by atoms with van der Waals surface area (Å²) in [5, 5.41) is 6.46. The van der Waals surface area contributed by atoms with Gasteiger partial charge in [-0.05, 0) is 35.3 Å². The minimum absolute atomic E-state index is 0.0217. The van der Waals surface area contributed by atoms with Crippen molar-refractivity contribution in [2.45, 2.75) is 0 Å². The summed E-state index contributed by atoms with van der Waals surface area (Å²) in [4.78, 5) is 28.3. The second-order valence-electron chi connectivity index (χ2n) is 3.76. The Balaban J connectivity index is 2.50. The van der Waals surface area contributed by atoms with Crippen LogP contribution in [0, 0.1) is 0 Å². The van der Waals surface area contributed by atoms with Gasteiger partial charge < -0.3 is 9.47 Å². The largest absolute Gasteiger partial charge is 0.462 e. The molecular weight excluding hydrogens is 292 g/mol. The second kappa shape index (κ2) is 9.65. The Bertz CT molecular complexity index is 562. The van der Waals surface area contributed by atoms with Gasteiger partial charge >= 0.3 is 11.9 Å². The number of ether oxygens (including phenoxy) is 2. The van der Waals surface area contributed by atoms with E-state index in [0.29, 0.717) is 0 Å². The number of nitrogens with zero attached hydrogens (tertiary/aromatic N) is 6. The molecule has 10 heteroatoms. The highest BCUT2D eigenvalue weighted by Crippen LogP contribution is 2.07. The number of carbonyl (C=O) groups is 2. The third-order valence-corrected chi connectivity index (χ3v) is 2.33. The molecule has 114 valence electrons. The van der Waals surface area contributed by atoms with Gasteiger partial charge in [-0.25, -0.2) is 9.59 Å². The molecule has 0 bridgehead atoms. The number of rotatable bonds is 8. The van der Waals surface area contributed by atoms with Crippen molar-refractivity contribution in [3.8, 4) is 0 Å². The second-order valence-corrected chi connectivity index (χ2v) is 3.76. The molecule has 1 aromatic rings. The van der Waals surface area contributed by atoms with Crippen LogP contribution >= 0.6 is 0 Å². The monoisotopic (exact) mass is 304 g/mol. The van der Waals surface area contributed by atoms with Crippen LogP contribution in [0.3, 0.4) is 0 Å². The molecule has 0 aliphatic rings. The van der Waals surface area contributed by atoms with Gasteiger partial charge in [-0.15, -0.1) is 0 Å². The number of esters is 2. The maximum absolute atomic E-state index is 11.6. The predicted molar refractivity (Wildman–Crippen MR) is 75.0 cm³/mol. The third kappa shape index (κ3) is 5.83. The predicted octanol–water partition coefficient (Wildman–Crippen LogP) is 2.62. The van der Waals surface area contributed by atoms with Gasteiger partial charge in [0.05, 0.1) is 37.4 Å². The van der Waals surface area contributed by atoms with E-state index in [-0.39, 0.29) is 37.4 Å². The quantitative estimate of drug-likeness (QED) is 0.238. The Morgan fingerprint density at radius 2 is 1.23 bits per heavy atom. The van der Waals surface area contributed by atoms with Gasteiger partial charge in [-0.1, -0.05) is 10.2 Å². The Labute approximate surface area is 124 Å². The molecule has 0 aromatic heterocycles. The van der Waals surface area contributed by atoms with E-state index in [2.05, 4.69) is 20.1 Å². The van der Waals surface area contributed by atoms with Crippen LogP contribution in [-0.2, 0) is 9.47 Å². The first-order valence-electron chi connectivity index (χ1n) is 6.15. The van der Waals surface area contributed by atoms with E-state index in [4.69, 9.17) is 20.5 Å². The van der Waals surface area contributed by atoms with Crippen molar-refractivity contribution in [2.75, 3.05) is 26.3 Å². The van der Waals surface area contributed by atoms with Crippen molar-refractivity contribution in [2.24, 2.45) is 10.2 Å². The van der Waals surface area contributed by atoms with Gasteiger partial charge in [0.25, 0.3) is 0 Å². The molecule has 0 radical (unpaired) electrons. The van der Waals surface area contributed by atoms with Crippen molar-refractivity contribution in [1.82, 2.24) is 0 Å². The van der Waals surface area contributed by atoms with Gasteiger partial charge in [0.1, 0.15) is 0 Å². The molecule has 0 unspecified atom stereocenters. The fourth-order valence-electron chi connectivity index (χ4n) is 1.36. The number of benzene rings is 1. The lowest BCUT2D eigenvalue weighted by molar-refractivity contribution is 0.0502. The summed E-state index contributed by atoms with van der Waals surface area (Å²) < 4.78 is 9.71. The minimum atomic E-state index is -0.587. The van der Waals surface area contributed by atoms with E-state index in [1.165, 1.54) is 24.3 Å². The highest BCUT2D eigenvalue weighted by atomic mass is 16.5. The van der Waals surface area contributed by atoms with Crippen LogP contribution in [0.15, 0.2) is 34.5 Å². The molecular formula is C12H12N6O4. The molecule has 1 aromatic carbocycles. The molecule has 22 heavy (non-hydrogen) atoms. The Morgan fingerprint density at radius 1 is 0.864 bits per heavy atom. The molecule has 0 aliphatic carbocycles. The standard InChI is InChI=1S/C12H12N6O4/c13-17-15-5-7-21-11(19)9-1-2-10(4-3-9)12(20)22-8-6-16-18-14/h1-4H,5-8H2. The van der Waals surface area contributed by atoms with E-state index < -0.39 is 11.9 Å². The fraction of sp³-hybridized carbons (Fsp3) is 0.333. The van der Waals surface area contributed by atoms with Gasteiger partial charge in [-0.2, -0.15) is 0 Å². The highest BCUT2D eigenvalue weighted by Gasteiger charge is 2.10. The smallest absolute Gasteiger partial charge is 0.338 e. The molecule has 0 amide bonds. The lowest BCUT2D eigenvalue weighted by Gasteiger charge is -2.05. The molecule has 0 atom stereocenters. The Kier molecular flexibility index (Phi) is 7.38. The van der Waals surface area contributed by atoms with Crippen molar-refractivity contribution < 1.29 is 19.1 Å². The molecule has 0 aliphatic heterocycles. The molecule has 0 spiro atoms. The SMILES string of the molecule is [N-]=[N+]=NCCOC(=O)c1ccc(C(=O)OCCN=[N+]=[N-])cc1. The van der Waals surface area contributed by atoms with Gasteiger partial charge in [0, 0.05) is 9.82 Å². The topological polar surface area (TPSA) is 150 Å². The average molecular weight is 304 g/mol. The Morgan fingerprint density at radius 3 is 1.55 bits per heavy atom. The van der Waals surface area contributed by atoms with Crippen LogP contribution in [0.5, 0.6) is 0 Å². The van der Waals surface area contributed by atoms with Crippen LogP contribution in [0.1, 0.15) is 20.7 Å². The minimum Gasteiger partial charge on any atom is -0.462 e. The number of azide groups is 2. The molecule has 0 saturated carbocycles. The highest BCUT2D eigenvalue weighted by molar-refractivity contribution is 5.93. The fourth-order valence-corrected chi connectivity index (χ4v) is 1.36. The first-order valence-corrected chi connectivity index (χ1v) is 6.15. The van der Waals surface area contributed by atoms with Crippen molar-refractivity contribution in [3.05, 3.63) is 56.3 Å². The normalized spacial score (nSPS) is 9.09. The average Bonchev–Trinajstić information content (AvgIpc) is 2.55. The van der Waals surface area contributed by atoms with Crippen LogP contribution < -0.4 is 0 Å². The third-order valence-electron chi connectivity index (χ3n) is 2.33. The molecule has 0 fully saturated rings. The van der Waals surface area contributed by atoms with Crippen LogP contribution in [0.4, 0.5) is 0 Å². The van der Waals surface area contributed by atoms with E-state index >= 15 is 0 Å².